The van der Waals surface area contributed by atoms with Crippen LogP contribution in [0.5, 0.6) is 0 Å². The smallest absolute Gasteiger partial charge is 0.244 e. The van der Waals surface area contributed by atoms with E-state index >= 15 is 0 Å². The molecule has 0 spiro atoms. The maximum Gasteiger partial charge on any atom is 0.244 e. The number of piperazine rings is 1. The fraction of sp³-hybridized carbons (Fsp3) is 0.524. The van der Waals surface area contributed by atoms with Gasteiger partial charge < -0.3 is 14.3 Å². The van der Waals surface area contributed by atoms with Gasteiger partial charge >= 0.3 is 0 Å². The van der Waals surface area contributed by atoms with E-state index in [4.69, 9.17) is 4.52 Å². The van der Waals surface area contributed by atoms with Crippen LogP contribution >= 0.6 is 0 Å². The lowest BCUT2D eigenvalue weighted by molar-refractivity contribution is -0.134. The highest BCUT2D eigenvalue weighted by Crippen LogP contribution is 2.24. The first-order chi connectivity index (χ1) is 14.1. The Labute approximate surface area is 170 Å². The fourth-order valence-corrected chi connectivity index (χ4v) is 4.16. The van der Waals surface area contributed by atoms with Gasteiger partial charge in [-0.1, -0.05) is 23.4 Å². The third kappa shape index (κ3) is 4.48. The molecule has 29 heavy (non-hydrogen) atoms. The maximum atomic E-state index is 13.1. The fourth-order valence-electron chi connectivity index (χ4n) is 4.16. The van der Waals surface area contributed by atoms with Crippen LogP contribution in [0.4, 0.5) is 5.69 Å². The van der Waals surface area contributed by atoms with Crippen LogP contribution in [-0.4, -0.2) is 70.5 Å². The van der Waals surface area contributed by atoms with Crippen LogP contribution < -0.4 is 4.90 Å². The van der Waals surface area contributed by atoms with Crippen molar-refractivity contribution in [1.29, 1.82) is 0 Å². The molecule has 0 saturated carbocycles. The molecular formula is C21H27N5O3. The van der Waals surface area contributed by atoms with Gasteiger partial charge in [-0.3, -0.25) is 14.5 Å². The Morgan fingerprint density at radius 3 is 2.59 bits per heavy atom. The van der Waals surface area contributed by atoms with Crippen LogP contribution in [0.15, 0.2) is 34.9 Å². The number of para-hydroxylation sites is 1. The SMILES string of the molecule is Cc1noc(CCC(=O)N2CCN([C@@H]3CCCN(c4ccccc4)C3=O)CC2)n1. The molecule has 2 aliphatic rings. The third-order valence-corrected chi connectivity index (χ3v) is 5.71. The van der Waals surface area contributed by atoms with E-state index in [0.717, 1.165) is 38.2 Å². The van der Waals surface area contributed by atoms with Gasteiger partial charge in [0.1, 0.15) is 0 Å². The Morgan fingerprint density at radius 1 is 1.14 bits per heavy atom. The van der Waals surface area contributed by atoms with Crippen molar-refractivity contribution in [3.63, 3.8) is 0 Å². The number of hydrogen-bond acceptors (Lipinski definition) is 6. The Morgan fingerprint density at radius 2 is 1.90 bits per heavy atom. The number of hydrogen-bond donors (Lipinski definition) is 0. The zero-order chi connectivity index (χ0) is 20.2. The molecule has 0 unspecified atom stereocenters. The molecule has 2 fully saturated rings. The lowest BCUT2D eigenvalue weighted by atomic mass is 10.0. The number of piperidine rings is 1. The number of benzene rings is 1. The Kier molecular flexibility index (Phi) is 5.89. The van der Waals surface area contributed by atoms with Gasteiger partial charge in [0.15, 0.2) is 5.82 Å². The van der Waals surface area contributed by atoms with Gasteiger partial charge in [-0.15, -0.1) is 0 Å². The van der Waals surface area contributed by atoms with Crippen LogP contribution in [0, 0.1) is 6.92 Å². The maximum absolute atomic E-state index is 13.1. The predicted octanol–water partition coefficient (Wildman–Crippen LogP) is 1.65. The molecule has 8 heteroatoms. The molecule has 2 aliphatic heterocycles. The highest BCUT2D eigenvalue weighted by Gasteiger charge is 2.35. The summed E-state index contributed by atoms with van der Waals surface area (Å²) in [4.78, 5) is 35.7. The topological polar surface area (TPSA) is 82.8 Å². The van der Waals surface area contributed by atoms with E-state index < -0.39 is 0 Å². The van der Waals surface area contributed by atoms with Crippen molar-refractivity contribution in [2.75, 3.05) is 37.6 Å². The minimum absolute atomic E-state index is 0.0948. The van der Waals surface area contributed by atoms with Crippen LogP contribution in [0.2, 0.25) is 0 Å². The first-order valence-electron chi connectivity index (χ1n) is 10.3. The number of carbonyl (C=O) groups is 2. The van der Waals surface area contributed by atoms with Crippen molar-refractivity contribution in [2.24, 2.45) is 0 Å². The van der Waals surface area contributed by atoms with Crippen molar-refractivity contribution in [2.45, 2.75) is 38.6 Å². The zero-order valence-electron chi connectivity index (χ0n) is 16.8. The summed E-state index contributed by atoms with van der Waals surface area (Å²) < 4.78 is 5.07. The lowest BCUT2D eigenvalue weighted by Gasteiger charge is -2.42. The second-order valence-corrected chi connectivity index (χ2v) is 7.64. The molecular weight excluding hydrogens is 370 g/mol. The van der Waals surface area contributed by atoms with E-state index in [1.165, 1.54) is 0 Å². The van der Waals surface area contributed by atoms with Crippen LogP contribution in [-0.2, 0) is 16.0 Å². The largest absolute Gasteiger partial charge is 0.340 e. The number of rotatable bonds is 5. The van der Waals surface area contributed by atoms with Gasteiger partial charge in [-0.05, 0) is 31.9 Å². The minimum atomic E-state index is -0.0948. The number of carbonyl (C=O) groups excluding carboxylic acids is 2. The third-order valence-electron chi connectivity index (χ3n) is 5.71. The molecule has 8 nitrogen and oxygen atoms in total. The second kappa shape index (κ2) is 8.73. The van der Waals surface area contributed by atoms with Gasteiger partial charge in [0.05, 0.1) is 6.04 Å². The normalized spacial score (nSPS) is 20.9. The summed E-state index contributed by atoms with van der Waals surface area (Å²) in [5.74, 6) is 1.36. The first kappa shape index (κ1) is 19.6. The summed E-state index contributed by atoms with van der Waals surface area (Å²) in [6.45, 7) is 5.29. The average molecular weight is 397 g/mol. The Balaban J connectivity index is 1.29. The summed E-state index contributed by atoms with van der Waals surface area (Å²) in [5.41, 5.74) is 0.965. The minimum Gasteiger partial charge on any atom is -0.340 e. The van der Waals surface area contributed by atoms with Crippen molar-refractivity contribution < 1.29 is 14.1 Å². The van der Waals surface area contributed by atoms with E-state index in [0.29, 0.717) is 37.6 Å². The molecule has 2 amide bonds. The van der Waals surface area contributed by atoms with Gasteiger partial charge in [0, 0.05) is 51.3 Å². The molecule has 2 aromatic rings. The van der Waals surface area contributed by atoms with E-state index in [2.05, 4.69) is 15.0 Å². The second-order valence-electron chi connectivity index (χ2n) is 7.64. The van der Waals surface area contributed by atoms with Gasteiger partial charge in [0.25, 0.3) is 0 Å². The molecule has 0 radical (unpaired) electrons. The van der Waals surface area contributed by atoms with Crippen molar-refractivity contribution in [3.05, 3.63) is 42.0 Å². The summed E-state index contributed by atoms with van der Waals surface area (Å²) in [7, 11) is 0. The number of anilines is 1. The number of amides is 2. The molecule has 154 valence electrons. The van der Waals surface area contributed by atoms with E-state index in [1.54, 1.807) is 6.92 Å². The summed E-state index contributed by atoms with van der Waals surface area (Å²) in [6.07, 6.45) is 2.71. The van der Waals surface area contributed by atoms with Crippen LogP contribution in [0.3, 0.4) is 0 Å². The van der Waals surface area contributed by atoms with Gasteiger partial charge in [-0.2, -0.15) is 4.98 Å². The zero-order valence-corrected chi connectivity index (χ0v) is 16.8. The average Bonchev–Trinajstić information content (AvgIpc) is 3.18. The molecule has 4 rings (SSSR count). The molecule has 0 N–H and O–H groups in total. The number of aryl methyl sites for hydroxylation is 2. The van der Waals surface area contributed by atoms with Crippen LogP contribution in [0.1, 0.15) is 31.0 Å². The van der Waals surface area contributed by atoms with E-state index in [9.17, 15) is 9.59 Å². The standard InChI is InChI=1S/C21H27N5O3/c1-16-22-19(29-23-16)9-10-20(27)25-14-12-24(13-15-25)18-8-5-11-26(21(18)28)17-6-3-2-4-7-17/h2-4,6-7,18H,5,8-15H2,1H3/t18-/m1/s1. The van der Waals surface area contributed by atoms with E-state index in [-0.39, 0.29) is 17.9 Å². The summed E-state index contributed by atoms with van der Waals surface area (Å²) >= 11 is 0. The highest BCUT2D eigenvalue weighted by atomic mass is 16.5. The summed E-state index contributed by atoms with van der Waals surface area (Å²) in [5, 5.41) is 3.75. The quantitative estimate of drug-likeness (QED) is 0.763. The van der Waals surface area contributed by atoms with Gasteiger partial charge in [-0.25, -0.2) is 0 Å². The molecule has 3 heterocycles. The van der Waals surface area contributed by atoms with Crippen molar-refractivity contribution >= 4 is 17.5 Å². The molecule has 2 saturated heterocycles. The molecule has 1 aromatic heterocycles. The monoisotopic (exact) mass is 397 g/mol. The van der Waals surface area contributed by atoms with Crippen molar-refractivity contribution in [1.82, 2.24) is 19.9 Å². The molecule has 0 bridgehead atoms. The van der Waals surface area contributed by atoms with E-state index in [1.807, 2.05) is 40.1 Å². The first-order valence-corrected chi connectivity index (χ1v) is 10.3. The molecule has 0 aliphatic carbocycles. The Hall–Kier alpha value is -2.74. The highest BCUT2D eigenvalue weighted by molar-refractivity contribution is 5.97. The predicted molar refractivity (Wildman–Crippen MR) is 107 cm³/mol. The lowest BCUT2D eigenvalue weighted by Crippen LogP contribution is -2.58. The Bertz CT molecular complexity index is 845. The van der Waals surface area contributed by atoms with Crippen molar-refractivity contribution in [3.8, 4) is 0 Å². The van der Waals surface area contributed by atoms with Crippen LogP contribution in [0.25, 0.3) is 0 Å². The summed E-state index contributed by atoms with van der Waals surface area (Å²) in [6, 6.07) is 9.77. The van der Waals surface area contributed by atoms with Gasteiger partial charge in [0.2, 0.25) is 17.7 Å². The number of nitrogens with zero attached hydrogens (tertiary/aromatic N) is 5. The molecule has 1 aromatic carbocycles. The molecule has 1 atom stereocenters. The number of aromatic nitrogens is 2.